The first kappa shape index (κ1) is 69.3. The predicted octanol–water partition coefficient (Wildman–Crippen LogP) is 20.2. The van der Waals surface area contributed by atoms with Crippen LogP contribution < -0.4 is 5.32 Å². The van der Waals surface area contributed by atoms with Crippen LogP contribution in [0.4, 0.5) is 0 Å². The van der Waals surface area contributed by atoms with Crippen molar-refractivity contribution in [1.82, 2.24) is 5.32 Å². The highest BCUT2D eigenvalue weighted by Crippen LogP contribution is 2.18. The zero-order valence-corrected chi connectivity index (χ0v) is 48.0. The largest absolute Gasteiger partial charge is 0.466 e. The van der Waals surface area contributed by atoms with Crippen molar-refractivity contribution in [1.29, 1.82) is 0 Å². The highest BCUT2D eigenvalue weighted by Gasteiger charge is 2.20. The molecule has 1 amide bonds. The third kappa shape index (κ3) is 57.5. The molecule has 0 heterocycles. The molecule has 420 valence electrons. The number of rotatable bonds is 60. The second-order valence-electron chi connectivity index (χ2n) is 22.1. The van der Waals surface area contributed by atoms with Gasteiger partial charge < -0.3 is 20.3 Å². The van der Waals surface area contributed by atoms with Crippen LogP contribution in [0.3, 0.4) is 0 Å². The maximum atomic E-state index is 12.5. The van der Waals surface area contributed by atoms with Gasteiger partial charge in [0.1, 0.15) is 0 Å². The molecule has 0 aliphatic carbocycles. The highest BCUT2D eigenvalue weighted by molar-refractivity contribution is 5.76. The van der Waals surface area contributed by atoms with Crippen LogP contribution >= 0.6 is 0 Å². The van der Waals surface area contributed by atoms with Crippen LogP contribution in [0.2, 0.25) is 0 Å². The van der Waals surface area contributed by atoms with E-state index >= 15 is 0 Å². The van der Waals surface area contributed by atoms with E-state index < -0.39 is 12.1 Å². The molecule has 0 saturated heterocycles. The summed E-state index contributed by atoms with van der Waals surface area (Å²) in [6, 6.07) is -0.552. The summed E-state index contributed by atoms with van der Waals surface area (Å²) in [7, 11) is 0. The number of unbranched alkanes of at least 4 members (excludes halogenated alkanes) is 45. The normalized spacial score (nSPS) is 12.7. The van der Waals surface area contributed by atoms with Crippen LogP contribution in [0.1, 0.15) is 354 Å². The van der Waals surface area contributed by atoms with Gasteiger partial charge in [-0.1, -0.05) is 289 Å². The quantitative estimate of drug-likeness (QED) is 0.0320. The highest BCUT2D eigenvalue weighted by atomic mass is 16.5. The Hall–Kier alpha value is -1.66. The van der Waals surface area contributed by atoms with Gasteiger partial charge in [0.25, 0.3) is 0 Å². The Morgan fingerprint density at radius 1 is 0.380 bits per heavy atom. The molecule has 71 heavy (non-hydrogen) atoms. The average molecular weight is 1000 g/mol. The number of aliphatic hydroxyl groups is 2. The molecule has 0 aromatic rings. The van der Waals surface area contributed by atoms with E-state index in [-0.39, 0.29) is 18.5 Å². The van der Waals surface area contributed by atoms with E-state index in [9.17, 15) is 19.8 Å². The second-order valence-corrected chi connectivity index (χ2v) is 22.1. The molecule has 6 nitrogen and oxygen atoms in total. The van der Waals surface area contributed by atoms with Crippen LogP contribution in [0.25, 0.3) is 0 Å². The lowest BCUT2D eigenvalue weighted by Crippen LogP contribution is -2.45. The number of carbonyl (C=O) groups is 2. The Balaban J connectivity index is 3.45. The summed E-state index contributed by atoms with van der Waals surface area (Å²) >= 11 is 0. The van der Waals surface area contributed by atoms with Crippen molar-refractivity contribution in [3.63, 3.8) is 0 Å². The summed E-state index contributed by atoms with van der Waals surface area (Å²) in [5.74, 6) is -0.0537. The van der Waals surface area contributed by atoms with Gasteiger partial charge in [-0.3, -0.25) is 9.59 Å². The van der Waals surface area contributed by atoms with E-state index in [0.717, 1.165) is 57.8 Å². The first-order valence-electron chi connectivity index (χ1n) is 32.1. The third-order valence-corrected chi connectivity index (χ3v) is 15.0. The van der Waals surface area contributed by atoms with Crippen LogP contribution in [-0.4, -0.2) is 47.4 Å². The van der Waals surface area contributed by atoms with E-state index in [4.69, 9.17) is 4.74 Å². The molecule has 6 heteroatoms. The number of hydrogen-bond donors (Lipinski definition) is 3. The Morgan fingerprint density at radius 3 is 1.01 bits per heavy atom. The fraction of sp³-hybridized carbons (Fsp3) is 0.908. The fourth-order valence-electron chi connectivity index (χ4n) is 10.0. The van der Waals surface area contributed by atoms with Crippen molar-refractivity contribution in [2.45, 2.75) is 366 Å². The molecule has 0 saturated carbocycles. The lowest BCUT2D eigenvalue weighted by molar-refractivity contribution is -0.143. The maximum absolute atomic E-state index is 12.5. The van der Waals surface area contributed by atoms with Gasteiger partial charge in [-0.25, -0.2) is 0 Å². The second kappa shape index (κ2) is 60.9. The minimum Gasteiger partial charge on any atom is -0.466 e. The van der Waals surface area contributed by atoms with Crippen LogP contribution in [0.15, 0.2) is 24.3 Å². The van der Waals surface area contributed by atoms with Gasteiger partial charge in [0.05, 0.1) is 25.4 Å². The minimum absolute atomic E-state index is 0.0103. The standard InChI is InChI=1S/C65H125NO5/c1-3-5-7-9-11-13-15-17-18-19-20-21-22-23-24-25-27-30-34-37-41-45-49-53-57-63(68)62(61-67)66-64(69)58-54-50-46-42-38-35-31-28-26-29-32-36-40-44-48-52-56-60-71-65(70)59-55-51-47-43-39-33-16-14-12-10-8-6-4-2/h14,16,26,29,62-63,67-68H,3-13,15,17-25,27-28,30-61H2,1-2H3,(H,66,69)/b16-14-,29-26-. The molecule has 2 atom stereocenters. The van der Waals surface area contributed by atoms with Crippen molar-refractivity contribution in [2.24, 2.45) is 0 Å². The number of carbonyl (C=O) groups excluding carboxylic acids is 2. The summed E-state index contributed by atoms with van der Waals surface area (Å²) in [5.41, 5.74) is 0. The summed E-state index contributed by atoms with van der Waals surface area (Å²) in [4.78, 5) is 24.6. The molecule has 0 aromatic carbocycles. The first-order valence-corrected chi connectivity index (χ1v) is 32.1. The van der Waals surface area contributed by atoms with Gasteiger partial charge in [-0.05, 0) is 77.0 Å². The average Bonchev–Trinajstić information content (AvgIpc) is 3.37. The minimum atomic E-state index is -0.674. The van der Waals surface area contributed by atoms with Gasteiger partial charge >= 0.3 is 5.97 Å². The molecule has 0 spiro atoms. The smallest absolute Gasteiger partial charge is 0.305 e. The Labute approximate surface area is 443 Å². The summed E-state index contributed by atoms with van der Waals surface area (Å²) < 4.78 is 5.46. The molecule has 0 fully saturated rings. The third-order valence-electron chi connectivity index (χ3n) is 15.0. The van der Waals surface area contributed by atoms with Crippen molar-refractivity contribution in [3.05, 3.63) is 24.3 Å². The van der Waals surface area contributed by atoms with E-state index in [1.165, 1.54) is 263 Å². The lowest BCUT2D eigenvalue weighted by atomic mass is 10.0. The number of hydrogen-bond acceptors (Lipinski definition) is 5. The van der Waals surface area contributed by atoms with E-state index in [0.29, 0.717) is 25.9 Å². The first-order chi connectivity index (χ1) is 35.0. The molecule has 0 aromatic heterocycles. The fourth-order valence-corrected chi connectivity index (χ4v) is 10.0. The predicted molar refractivity (Wildman–Crippen MR) is 310 cm³/mol. The molecule has 0 aliphatic rings. The molecule has 3 N–H and O–H groups in total. The van der Waals surface area contributed by atoms with Crippen LogP contribution in [0.5, 0.6) is 0 Å². The Kier molecular flexibility index (Phi) is 59.5. The number of aliphatic hydroxyl groups excluding tert-OH is 2. The van der Waals surface area contributed by atoms with Gasteiger partial charge in [0.2, 0.25) is 5.91 Å². The zero-order chi connectivity index (χ0) is 51.4. The number of allylic oxidation sites excluding steroid dienone is 4. The van der Waals surface area contributed by atoms with Crippen molar-refractivity contribution >= 4 is 11.9 Å². The molecular weight excluding hydrogens is 875 g/mol. The molecule has 0 aliphatic heterocycles. The number of amides is 1. The Morgan fingerprint density at radius 2 is 0.662 bits per heavy atom. The van der Waals surface area contributed by atoms with Gasteiger partial charge in [-0.2, -0.15) is 0 Å². The van der Waals surface area contributed by atoms with Crippen LogP contribution in [-0.2, 0) is 14.3 Å². The Bertz CT molecular complexity index is 1110. The van der Waals surface area contributed by atoms with Gasteiger partial charge in [0.15, 0.2) is 0 Å². The van der Waals surface area contributed by atoms with Gasteiger partial charge in [0, 0.05) is 12.8 Å². The van der Waals surface area contributed by atoms with E-state index in [1.54, 1.807) is 0 Å². The topological polar surface area (TPSA) is 95.9 Å². The zero-order valence-electron chi connectivity index (χ0n) is 48.0. The lowest BCUT2D eigenvalue weighted by Gasteiger charge is -2.22. The van der Waals surface area contributed by atoms with E-state index in [1.807, 2.05) is 0 Å². The van der Waals surface area contributed by atoms with Crippen molar-refractivity contribution in [2.75, 3.05) is 13.2 Å². The monoisotopic (exact) mass is 1000 g/mol. The molecule has 0 rings (SSSR count). The molecule has 0 radical (unpaired) electrons. The molecule has 0 bridgehead atoms. The van der Waals surface area contributed by atoms with Gasteiger partial charge in [-0.15, -0.1) is 0 Å². The SMILES string of the molecule is CCCCCC/C=C\CCCCCCCC(=O)OCCCCCCCC/C=C\CCCCCCCCCC(=O)NC(CO)C(O)CCCCCCCCCCCCCCCCCCCCCCCCCC. The number of ether oxygens (including phenoxy) is 1. The maximum Gasteiger partial charge on any atom is 0.305 e. The van der Waals surface area contributed by atoms with E-state index in [2.05, 4.69) is 43.5 Å². The number of nitrogens with one attached hydrogen (secondary N) is 1. The summed E-state index contributed by atoms with van der Waals surface area (Å²) in [6.45, 7) is 4.94. The summed E-state index contributed by atoms with van der Waals surface area (Å²) in [6.07, 6.45) is 74.8. The van der Waals surface area contributed by atoms with Crippen molar-refractivity contribution < 1.29 is 24.5 Å². The molecule has 2 unspecified atom stereocenters. The number of esters is 1. The van der Waals surface area contributed by atoms with Crippen LogP contribution in [0, 0.1) is 0 Å². The van der Waals surface area contributed by atoms with Crippen molar-refractivity contribution in [3.8, 4) is 0 Å². The summed E-state index contributed by atoms with van der Waals surface area (Å²) in [5, 5.41) is 23.4. The molecular formula is C65H125NO5.